The number of carbonyl (C=O) groups is 1. The Bertz CT molecular complexity index is 1050. The minimum Gasteiger partial charge on any atom is -0.323 e. The summed E-state index contributed by atoms with van der Waals surface area (Å²) in [5, 5.41) is 11.8. The van der Waals surface area contributed by atoms with Crippen molar-refractivity contribution in [3.05, 3.63) is 39.4 Å². The molecule has 2 heterocycles. The Balaban J connectivity index is 1.85. The number of nitro groups is 1. The van der Waals surface area contributed by atoms with Crippen LogP contribution < -0.4 is 0 Å². The van der Waals surface area contributed by atoms with Crippen LogP contribution in [0.3, 0.4) is 0 Å². The number of sulfonamides is 1. The van der Waals surface area contributed by atoms with Crippen LogP contribution in [0.5, 0.6) is 0 Å². The molecule has 1 fully saturated rings. The van der Waals surface area contributed by atoms with E-state index in [1.54, 1.807) is 6.92 Å². The Morgan fingerprint density at radius 3 is 2.62 bits per heavy atom. The predicted octanol–water partition coefficient (Wildman–Crippen LogP) is 2.91. The molecule has 1 aromatic carbocycles. The summed E-state index contributed by atoms with van der Waals surface area (Å²) in [5.74, 6) is -0.264. The molecular formula is C16H18N4O5S4. The molecule has 0 N–H and O–H groups in total. The lowest BCUT2D eigenvalue weighted by molar-refractivity contribution is -0.385. The molecule has 0 saturated carbocycles. The van der Waals surface area contributed by atoms with Gasteiger partial charge in [0.15, 0.2) is 0 Å². The van der Waals surface area contributed by atoms with E-state index in [0.29, 0.717) is 16.2 Å². The largest absolute Gasteiger partial charge is 0.323 e. The van der Waals surface area contributed by atoms with Crippen molar-refractivity contribution < 1.29 is 18.1 Å². The van der Waals surface area contributed by atoms with E-state index < -0.39 is 14.9 Å². The quantitative estimate of drug-likeness (QED) is 0.357. The molecule has 0 aliphatic carbocycles. The van der Waals surface area contributed by atoms with Crippen LogP contribution in [0.25, 0.3) is 0 Å². The Morgan fingerprint density at radius 1 is 1.28 bits per heavy atom. The van der Waals surface area contributed by atoms with Gasteiger partial charge in [0, 0.05) is 24.7 Å². The third-order valence-corrected chi connectivity index (χ3v) is 9.04. The zero-order valence-corrected chi connectivity index (χ0v) is 19.1. The molecule has 1 aliphatic heterocycles. The van der Waals surface area contributed by atoms with Crippen LogP contribution in [0.4, 0.5) is 5.69 Å². The first-order valence-corrected chi connectivity index (χ1v) is 13.0. The Hall–Kier alpha value is -1.67. The van der Waals surface area contributed by atoms with E-state index in [4.69, 9.17) is 0 Å². The first-order valence-electron chi connectivity index (χ1n) is 8.32. The molecule has 1 aromatic heterocycles. The number of hydrogen-bond acceptors (Lipinski definition) is 9. The molecule has 9 nitrogen and oxygen atoms in total. The van der Waals surface area contributed by atoms with E-state index in [1.165, 1.54) is 52.1 Å². The van der Waals surface area contributed by atoms with E-state index >= 15 is 0 Å². The Labute approximate surface area is 180 Å². The van der Waals surface area contributed by atoms with Gasteiger partial charge in [0.1, 0.15) is 5.03 Å². The molecule has 1 saturated heterocycles. The molecule has 0 unspecified atom stereocenters. The fourth-order valence-corrected chi connectivity index (χ4v) is 6.57. The van der Waals surface area contributed by atoms with Crippen LogP contribution in [0, 0.1) is 17.0 Å². The molecule has 13 heteroatoms. The third-order valence-electron chi connectivity index (χ3n) is 4.47. The fraction of sp³-hybridized carbons (Fsp3) is 0.375. The number of amides is 1. The van der Waals surface area contributed by atoms with Gasteiger partial charge < -0.3 is 4.90 Å². The summed E-state index contributed by atoms with van der Waals surface area (Å²) in [4.78, 5) is 24.9. The molecule has 0 radical (unpaired) electrons. The van der Waals surface area contributed by atoms with Crippen LogP contribution in [0.15, 0.2) is 32.3 Å². The highest BCUT2D eigenvalue weighted by Gasteiger charge is 2.36. The lowest BCUT2D eigenvalue weighted by atomic mass is 10.2. The second-order valence-electron chi connectivity index (χ2n) is 6.15. The summed E-state index contributed by atoms with van der Waals surface area (Å²) < 4.78 is 32.2. The highest BCUT2D eigenvalue weighted by atomic mass is 32.2. The molecule has 0 bridgehead atoms. The van der Waals surface area contributed by atoms with Gasteiger partial charge in [-0.05, 0) is 37.0 Å². The first kappa shape index (κ1) is 22.0. The number of benzene rings is 1. The monoisotopic (exact) mass is 474 g/mol. The summed E-state index contributed by atoms with van der Waals surface area (Å²) in [6, 6.07) is 3.83. The average molecular weight is 475 g/mol. The molecule has 29 heavy (non-hydrogen) atoms. The lowest BCUT2D eigenvalue weighted by Gasteiger charge is -2.19. The van der Waals surface area contributed by atoms with E-state index in [-0.39, 0.29) is 36.2 Å². The van der Waals surface area contributed by atoms with E-state index in [0.717, 1.165) is 14.6 Å². The number of thioether (sulfide) groups is 2. The van der Waals surface area contributed by atoms with E-state index in [2.05, 4.69) is 4.37 Å². The van der Waals surface area contributed by atoms with Crippen molar-refractivity contribution in [3.63, 3.8) is 0 Å². The van der Waals surface area contributed by atoms with Crippen LogP contribution in [0.1, 0.15) is 15.9 Å². The second-order valence-corrected chi connectivity index (χ2v) is 10.7. The van der Waals surface area contributed by atoms with Crippen molar-refractivity contribution >= 4 is 56.7 Å². The van der Waals surface area contributed by atoms with Crippen molar-refractivity contribution in [1.29, 1.82) is 0 Å². The zero-order chi connectivity index (χ0) is 21.3. The summed E-state index contributed by atoms with van der Waals surface area (Å²) in [5.41, 5.74) is 0.628. The minimum absolute atomic E-state index is 0.111. The van der Waals surface area contributed by atoms with E-state index in [1.807, 2.05) is 12.5 Å². The Kier molecular flexibility index (Phi) is 6.53. The normalized spacial score (nSPS) is 15.1. The van der Waals surface area contributed by atoms with Crippen molar-refractivity contribution in [2.45, 2.75) is 21.1 Å². The maximum atomic E-state index is 13.0. The van der Waals surface area contributed by atoms with E-state index in [9.17, 15) is 23.3 Å². The molecular weight excluding hydrogens is 456 g/mol. The van der Waals surface area contributed by atoms with Crippen molar-refractivity contribution in [3.8, 4) is 0 Å². The van der Waals surface area contributed by atoms with Crippen molar-refractivity contribution in [2.75, 3.05) is 32.3 Å². The highest BCUT2D eigenvalue weighted by molar-refractivity contribution is 8.01. The SMILES string of the molecule is CSc1nsc(SC)c1C(=O)N1CCN(S(=O)(=O)c2ccc(C)c([N+](=O)[O-])c2)C1. The topological polar surface area (TPSA) is 114 Å². The predicted molar refractivity (Wildman–Crippen MR) is 113 cm³/mol. The van der Waals surface area contributed by atoms with Gasteiger partial charge in [-0.1, -0.05) is 6.07 Å². The summed E-state index contributed by atoms with van der Waals surface area (Å²) >= 11 is 4.04. The number of rotatable bonds is 6. The van der Waals surface area contributed by atoms with Gasteiger partial charge in [0.25, 0.3) is 11.6 Å². The molecule has 156 valence electrons. The zero-order valence-electron chi connectivity index (χ0n) is 15.8. The number of aromatic nitrogens is 1. The molecule has 2 aromatic rings. The Morgan fingerprint density at radius 2 is 2.00 bits per heavy atom. The molecule has 1 aliphatic rings. The summed E-state index contributed by atoms with van der Waals surface area (Å²) in [6.45, 7) is 1.80. The van der Waals surface area contributed by atoms with Crippen LogP contribution in [-0.2, 0) is 10.0 Å². The number of nitro benzene ring substituents is 1. The molecule has 1 amide bonds. The second kappa shape index (κ2) is 8.60. The first-order chi connectivity index (χ1) is 13.7. The van der Waals surface area contributed by atoms with Crippen LogP contribution in [-0.4, -0.2) is 65.1 Å². The van der Waals surface area contributed by atoms with Crippen molar-refractivity contribution in [1.82, 2.24) is 13.6 Å². The number of aryl methyl sites for hydroxylation is 1. The maximum absolute atomic E-state index is 13.0. The van der Waals surface area contributed by atoms with Gasteiger partial charge in [-0.2, -0.15) is 8.68 Å². The standard InChI is InChI=1S/C16H18N4O5S4/c1-10-4-5-11(8-12(10)20(22)23)29(24,25)19-7-6-18(9-19)15(21)13-14(26-2)17-28-16(13)27-3/h4-5,8H,6-7,9H2,1-3H3. The van der Waals surface area contributed by atoms with Gasteiger partial charge in [-0.15, -0.1) is 23.5 Å². The lowest BCUT2D eigenvalue weighted by Crippen LogP contribution is -2.34. The number of carbonyl (C=O) groups excluding carboxylic acids is 1. The van der Waals surface area contributed by atoms with Crippen LogP contribution in [0.2, 0.25) is 0 Å². The number of nitrogens with zero attached hydrogens (tertiary/aromatic N) is 4. The molecule has 0 atom stereocenters. The van der Waals surface area contributed by atoms with Gasteiger partial charge in [0.05, 0.1) is 26.3 Å². The van der Waals surface area contributed by atoms with Gasteiger partial charge >= 0.3 is 0 Å². The summed E-state index contributed by atoms with van der Waals surface area (Å²) in [7, 11) is -3.97. The number of hydrogen-bond donors (Lipinski definition) is 0. The maximum Gasteiger partial charge on any atom is 0.273 e. The molecule has 0 spiro atoms. The fourth-order valence-electron chi connectivity index (χ4n) is 2.90. The van der Waals surface area contributed by atoms with Crippen LogP contribution >= 0.6 is 35.1 Å². The minimum atomic E-state index is -3.97. The van der Waals surface area contributed by atoms with Gasteiger partial charge in [-0.3, -0.25) is 14.9 Å². The molecule has 3 rings (SSSR count). The smallest absolute Gasteiger partial charge is 0.273 e. The third kappa shape index (κ3) is 4.14. The van der Waals surface area contributed by atoms with Crippen molar-refractivity contribution in [2.24, 2.45) is 0 Å². The average Bonchev–Trinajstić information content (AvgIpc) is 3.34. The summed E-state index contributed by atoms with van der Waals surface area (Å²) in [6.07, 6.45) is 3.69. The highest BCUT2D eigenvalue weighted by Crippen LogP contribution is 2.34. The van der Waals surface area contributed by atoms with Gasteiger partial charge in [0.2, 0.25) is 10.0 Å². The van der Waals surface area contributed by atoms with Gasteiger partial charge in [-0.25, -0.2) is 8.42 Å².